The van der Waals surface area contributed by atoms with Gasteiger partial charge < -0.3 is 23.9 Å². The van der Waals surface area contributed by atoms with Gasteiger partial charge in [0.05, 0.1) is 5.75 Å². The number of hydrogen-bond donors (Lipinski definition) is 1. The Morgan fingerprint density at radius 3 is 2.34 bits per heavy atom. The number of likely N-dealkylation sites (tertiary alicyclic amines) is 1. The van der Waals surface area contributed by atoms with Crippen LogP contribution in [0.3, 0.4) is 0 Å². The number of aromatic amines is 1. The highest BCUT2D eigenvalue weighted by Crippen LogP contribution is 2.37. The van der Waals surface area contributed by atoms with Crippen LogP contribution in [0, 0.1) is 5.92 Å². The lowest BCUT2D eigenvalue weighted by molar-refractivity contribution is 0.0181. The number of H-pyrrole nitrogens is 1. The minimum atomic E-state index is -3.25. The smallest absolute Gasteiger partial charge is 0.410 e. The van der Waals surface area contributed by atoms with Crippen LogP contribution in [0.25, 0.3) is 22.0 Å². The molecule has 0 spiro atoms. The van der Waals surface area contributed by atoms with Crippen molar-refractivity contribution < 1.29 is 22.7 Å². The molecule has 1 fully saturated rings. The Morgan fingerprint density at radius 2 is 1.68 bits per heavy atom. The molecule has 5 rings (SSSR count). The summed E-state index contributed by atoms with van der Waals surface area (Å²) in [4.78, 5) is 29.9. The molecule has 1 N–H and O–H groups in total. The molecule has 4 aromatic rings. The summed E-state index contributed by atoms with van der Waals surface area (Å²) in [6.45, 7) is 7.11. The first-order valence-electron chi connectivity index (χ1n) is 15.0. The second kappa shape index (κ2) is 12.5. The van der Waals surface area contributed by atoms with Crippen LogP contribution in [0.4, 0.5) is 4.79 Å². The van der Waals surface area contributed by atoms with E-state index in [9.17, 15) is 18.0 Å². The fourth-order valence-electron chi connectivity index (χ4n) is 5.71. The fourth-order valence-corrected chi connectivity index (χ4v) is 6.49. The monoisotopic (exact) mass is 619 g/mol. The van der Waals surface area contributed by atoms with Gasteiger partial charge in [0.25, 0.3) is 5.56 Å². The highest BCUT2D eigenvalue weighted by Gasteiger charge is 2.26. The number of nitrogens with zero attached hydrogens (tertiary/aromatic N) is 2. The Morgan fingerprint density at radius 1 is 1.00 bits per heavy atom. The van der Waals surface area contributed by atoms with Gasteiger partial charge in [-0.15, -0.1) is 0 Å². The van der Waals surface area contributed by atoms with Crippen molar-refractivity contribution in [1.82, 2.24) is 14.5 Å². The molecule has 3 heterocycles. The number of sulfone groups is 1. The molecule has 0 radical (unpaired) electrons. The normalized spacial score (nSPS) is 14.6. The van der Waals surface area contributed by atoms with Crippen molar-refractivity contribution in [2.45, 2.75) is 57.8 Å². The quantitative estimate of drug-likeness (QED) is 0.243. The molecule has 0 bridgehead atoms. The maximum atomic E-state index is 12.7. The number of aryl methyl sites for hydroxylation is 2. The molecule has 10 heteroatoms. The van der Waals surface area contributed by atoms with Crippen molar-refractivity contribution in [3.63, 3.8) is 0 Å². The van der Waals surface area contributed by atoms with E-state index in [4.69, 9.17) is 9.47 Å². The second-order valence-corrected chi connectivity index (χ2v) is 15.0. The van der Waals surface area contributed by atoms with E-state index in [1.807, 2.05) is 49.9 Å². The zero-order valence-corrected chi connectivity index (χ0v) is 26.9. The summed E-state index contributed by atoms with van der Waals surface area (Å²) < 4.78 is 37.5. The Hall–Kier alpha value is -4.05. The molecule has 234 valence electrons. The standard InChI is InChI=1S/C34H41N3O6S/c1-34(2,3)43-33(39)37-18-15-24(16-19-37)7-6-23-8-11-26(12-9-23)42-30-13-10-25(22-44(5,40)41)20-28(30)29-21-36(4)32(38)31-27(29)14-17-35-31/h8-14,17,20-21,24,35H,6-7,15-16,18-19,22H2,1-5H3. The number of hydrogen-bond acceptors (Lipinski definition) is 6. The summed E-state index contributed by atoms with van der Waals surface area (Å²) in [5.41, 5.74) is 3.17. The van der Waals surface area contributed by atoms with Gasteiger partial charge in [-0.3, -0.25) is 4.79 Å². The number of amides is 1. The number of carbonyl (C=O) groups is 1. The molecule has 2 aromatic carbocycles. The number of nitrogens with one attached hydrogen (secondary N) is 1. The van der Waals surface area contributed by atoms with E-state index in [0.29, 0.717) is 34.1 Å². The van der Waals surface area contributed by atoms with E-state index in [-0.39, 0.29) is 17.4 Å². The Bertz CT molecular complexity index is 1810. The first kappa shape index (κ1) is 31.4. The first-order chi connectivity index (χ1) is 20.8. The maximum Gasteiger partial charge on any atom is 0.410 e. The second-order valence-electron chi connectivity index (χ2n) is 12.8. The van der Waals surface area contributed by atoms with Crippen LogP contribution < -0.4 is 10.3 Å². The third-order valence-corrected chi connectivity index (χ3v) is 8.77. The van der Waals surface area contributed by atoms with Gasteiger partial charge in [0.2, 0.25) is 0 Å². The van der Waals surface area contributed by atoms with Crippen LogP contribution in [0.1, 0.15) is 51.2 Å². The van der Waals surface area contributed by atoms with Gasteiger partial charge in [0, 0.05) is 55.3 Å². The number of aromatic nitrogens is 2. The number of rotatable bonds is 8. The molecule has 2 aromatic heterocycles. The summed E-state index contributed by atoms with van der Waals surface area (Å²) in [6, 6.07) is 15.2. The lowest BCUT2D eigenvalue weighted by Gasteiger charge is -2.33. The Kier molecular flexibility index (Phi) is 8.92. The molecule has 0 aliphatic carbocycles. The zero-order valence-electron chi connectivity index (χ0n) is 26.1. The van der Waals surface area contributed by atoms with Crippen LogP contribution in [0.15, 0.2) is 65.7 Å². The number of ether oxygens (including phenoxy) is 2. The molecular formula is C34H41N3O6S. The van der Waals surface area contributed by atoms with E-state index in [0.717, 1.165) is 49.7 Å². The van der Waals surface area contributed by atoms with Crippen molar-refractivity contribution in [1.29, 1.82) is 0 Å². The summed E-state index contributed by atoms with van der Waals surface area (Å²) in [5.74, 6) is 1.68. The van der Waals surface area contributed by atoms with Crippen LogP contribution in [0.2, 0.25) is 0 Å². The Labute approximate surface area is 258 Å². The lowest BCUT2D eigenvalue weighted by atomic mass is 9.90. The minimum Gasteiger partial charge on any atom is -0.457 e. The van der Waals surface area contributed by atoms with E-state index in [1.165, 1.54) is 16.4 Å². The van der Waals surface area contributed by atoms with Crippen molar-refractivity contribution >= 4 is 26.8 Å². The van der Waals surface area contributed by atoms with Crippen molar-refractivity contribution in [3.05, 3.63) is 82.4 Å². The number of pyridine rings is 1. The zero-order chi connectivity index (χ0) is 31.6. The SMILES string of the molecule is Cn1cc(-c2cc(CS(C)(=O)=O)ccc2Oc2ccc(CCC3CCN(C(=O)OC(C)(C)C)CC3)cc2)c2cc[nH]c2c1=O. The molecule has 0 atom stereocenters. The van der Waals surface area contributed by atoms with Gasteiger partial charge in [0.1, 0.15) is 22.6 Å². The topological polar surface area (TPSA) is 111 Å². The van der Waals surface area contributed by atoms with Crippen LogP contribution >= 0.6 is 0 Å². The average molecular weight is 620 g/mol. The predicted molar refractivity (Wildman–Crippen MR) is 173 cm³/mol. The van der Waals surface area contributed by atoms with E-state index >= 15 is 0 Å². The molecular weight excluding hydrogens is 578 g/mol. The average Bonchev–Trinajstić information content (AvgIpc) is 3.45. The first-order valence-corrected chi connectivity index (χ1v) is 17.0. The van der Waals surface area contributed by atoms with Crippen LogP contribution in [0.5, 0.6) is 11.5 Å². The van der Waals surface area contributed by atoms with Crippen molar-refractivity contribution in [3.8, 4) is 22.6 Å². The molecule has 1 aliphatic rings. The summed E-state index contributed by atoms with van der Waals surface area (Å²) in [5, 5.41) is 0.738. The third kappa shape index (κ3) is 7.72. The van der Waals surface area contributed by atoms with Crippen molar-refractivity contribution in [2.75, 3.05) is 19.3 Å². The van der Waals surface area contributed by atoms with E-state index < -0.39 is 15.4 Å². The molecule has 44 heavy (non-hydrogen) atoms. The van der Waals surface area contributed by atoms with Gasteiger partial charge in [0.15, 0.2) is 9.84 Å². The number of carbonyl (C=O) groups excluding carboxylic acids is 1. The predicted octanol–water partition coefficient (Wildman–Crippen LogP) is 6.45. The third-order valence-electron chi connectivity index (χ3n) is 7.92. The molecule has 9 nitrogen and oxygen atoms in total. The van der Waals surface area contributed by atoms with Gasteiger partial charge in [-0.2, -0.15) is 0 Å². The molecule has 0 saturated carbocycles. The fraction of sp³-hybridized carbons (Fsp3) is 0.412. The van der Waals surface area contributed by atoms with Crippen molar-refractivity contribution in [2.24, 2.45) is 13.0 Å². The van der Waals surface area contributed by atoms with Gasteiger partial charge in [-0.1, -0.05) is 18.2 Å². The van der Waals surface area contributed by atoms with Gasteiger partial charge >= 0.3 is 6.09 Å². The summed E-state index contributed by atoms with van der Waals surface area (Å²) in [7, 11) is -1.56. The maximum absolute atomic E-state index is 12.7. The molecule has 1 aliphatic heterocycles. The molecule has 1 saturated heterocycles. The van der Waals surface area contributed by atoms with E-state index in [1.54, 1.807) is 31.6 Å². The number of piperidine rings is 1. The van der Waals surface area contributed by atoms with Gasteiger partial charge in [-0.05, 0) is 93.8 Å². The number of benzene rings is 2. The summed E-state index contributed by atoms with van der Waals surface area (Å²) in [6.07, 6.45) is 8.39. The number of fused-ring (bicyclic) bond motifs is 1. The minimum absolute atomic E-state index is 0.100. The van der Waals surface area contributed by atoms with Crippen LogP contribution in [-0.2, 0) is 33.8 Å². The summed E-state index contributed by atoms with van der Waals surface area (Å²) >= 11 is 0. The largest absolute Gasteiger partial charge is 0.457 e. The highest BCUT2D eigenvalue weighted by molar-refractivity contribution is 7.89. The lowest BCUT2D eigenvalue weighted by Crippen LogP contribution is -2.41. The molecule has 1 amide bonds. The van der Waals surface area contributed by atoms with E-state index in [2.05, 4.69) is 17.1 Å². The Balaban J connectivity index is 1.29. The van der Waals surface area contributed by atoms with Crippen LogP contribution in [-0.4, -0.2) is 53.9 Å². The van der Waals surface area contributed by atoms with Gasteiger partial charge in [-0.25, -0.2) is 13.2 Å². The highest BCUT2D eigenvalue weighted by atomic mass is 32.2. The molecule has 0 unspecified atom stereocenters.